The van der Waals surface area contributed by atoms with Crippen LogP contribution in [0.4, 0.5) is 5.69 Å². The molecule has 0 bridgehead atoms. The van der Waals surface area contributed by atoms with Gasteiger partial charge >= 0.3 is 0 Å². The molecule has 0 radical (unpaired) electrons. The van der Waals surface area contributed by atoms with E-state index in [1.54, 1.807) is 21.3 Å². The Labute approximate surface area is 160 Å². The Bertz CT molecular complexity index is 760. The smallest absolute Gasteiger partial charge is 0.193 e. The maximum absolute atomic E-state index is 6.07. The lowest BCUT2D eigenvalue weighted by molar-refractivity contribution is 0.306. The van der Waals surface area contributed by atoms with Gasteiger partial charge in [0.1, 0.15) is 5.75 Å². The molecule has 2 rings (SSSR count). The molecule has 0 aliphatic heterocycles. The second kappa shape index (κ2) is 9.68. The van der Waals surface area contributed by atoms with Crippen LogP contribution in [0.25, 0.3) is 0 Å². The van der Waals surface area contributed by atoms with Gasteiger partial charge < -0.3 is 30.2 Å². The van der Waals surface area contributed by atoms with Crippen LogP contribution in [0, 0.1) is 0 Å². The third kappa shape index (κ3) is 5.52. The van der Waals surface area contributed by atoms with Crippen molar-refractivity contribution in [1.82, 2.24) is 4.90 Å². The number of benzene rings is 2. The van der Waals surface area contributed by atoms with Crippen molar-refractivity contribution in [1.29, 1.82) is 0 Å². The molecule has 0 saturated heterocycles. The molecule has 0 aliphatic carbocycles. The van der Waals surface area contributed by atoms with Crippen molar-refractivity contribution in [2.75, 3.05) is 47.3 Å². The van der Waals surface area contributed by atoms with Crippen LogP contribution in [0.3, 0.4) is 0 Å². The lowest BCUT2D eigenvalue weighted by Gasteiger charge is -2.23. The molecule has 7 nitrogen and oxygen atoms in total. The largest absolute Gasteiger partial charge is 0.497 e. The van der Waals surface area contributed by atoms with E-state index in [0.29, 0.717) is 24.0 Å². The standard InChI is InChI=1S/C20H28N4O3/c1-24(2)17(14-6-9-16(25-3)10-7-14)13-22-20(21)23-15-8-11-18(26-4)19(12-15)27-5/h6-12,17H,13H2,1-5H3,(H3,21,22,23). The summed E-state index contributed by atoms with van der Waals surface area (Å²) in [4.78, 5) is 6.60. The number of hydrogen-bond acceptors (Lipinski definition) is 5. The van der Waals surface area contributed by atoms with E-state index in [-0.39, 0.29) is 6.04 Å². The first kappa shape index (κ1) is 20.4. The second-order valence-corrected chi connectivity index (χ2v) is 6.17. The molecule has 2 aromatic carbocycles. The molecule has 0 amide bonds. The van der Waals surface area contributed by atoms with E-state index in [1.807, 2.05) is 56.6 Å². The fourth-order valence-corrected chi connectivity index (χ4v) is 2.68. The molecule has 146 valence electrons. The van der Waals surface area contributed by atoms with Crippen molar-refractivity contribution in [3.05, 3.63) is 48.0 Å². The molecular weight excluding hydrogens is 344 g/mol. The molecule has 0 aromatic heterocycles. The van der Waals surface area contributed by atoms with Gasteiger partial charge in [-0.3, -0.25) is 4.99 Å². The summed E-state index contributed by atoms with van der Waals surface area (Å²) in [5.41, 5.74) is 7.99. The average molecular weight is 372 g/mol. The number of aliphatic imine (C=N–C) groups is 1. The molecule has 27 heavy (non-hydrogen) atoms. The van der Waals surface area contributed by atoms with Crippen molar-refractivity contribution in [2.24, 2.45) is 10.7 Å². The highest BCUT2D eigenvalue weighted by atomic mass is 16.5. The van der Waals surface area contributed by atoms with Gasteiger partial charge in [0.2, 0.25) is 0 Å². The first-order valence-corrected chi connectivity index (χ1v) is 8.57. The van der Waals surface area contributed by atoms with Gasteiger partial charge in [-0.25, -0.2) is 0 Å². The maximum Gasteiger partial charge on any atom is 0.193 e. The predicted molar refractivity (Wildman–Crippen MR) is 109 cm³/mol. The maximum atomic E-state index is 6.07. The zero-order valence-corrected chi connectivity index (χ0v) is 16.5. The number of anilines is 1. The van der Waals surface area contributed by atoms with E-state index < -0.39 is 0 Å². The molecule has 7 heteroatoms. The fraction of sp³-hybridized carbons (Fsp3) is 0.350. The van der Waals surface area contributed by atoms with Crippen LogP contribution in [-0.4, -0.2) is 52.8 Å². The highest BCUT2D eigenvalue weighted by molar-refractivity contribution is 5.92. The zero-order valence-electron chi connectivity index (χ0n) is 16.5. The lowest BCUT2D eigenvalue weighted by Crippen LogP contribution is -2.27. The van der Waals surface area contributed by atoms with Gasteiger partial charge in [0.05, 0.1) is 33.9 Å². The van der Waals surface area contributed by atoms with Crippen molar-refractivity contribution < 1.29 is 14.2 Å². The van der Waals surface area contributed by atoms with Gasteiger partial charge in [-0.1, -0.05) is 12.1 Å². The SMILES string of the molecule is COc1ccc(C(CN=C(N)Nc2ccc(OC)c(OC)c2)N(C)C)cc1. The third-order valence-corrected chi connectivity index (χ3v) is 4.21. The van der Waals surface area contributed by atoms with Crippen LogP contribution in [0.2, 0.25) is 0 Å². The van der Waals surface area contributed by atoms with E-state index in [0.717, 1.165) is 17.0 Å². The lowest BCUT2D eigenvalue weighted by atomic mass is 10.1. The molecule has 2 aromatic rings. The fourth-order valence-electron chi connectivity index (χ4n) is 2.68. The monoisotopic (exact) mass is 372 g/mol. The Morgan fingerprint density at radius 2 is 1.67 bits per heavy atom. The van der Waals surface area contributed by atoms with Crippen LogP contribution < -0.4 is 25.3 Å². The van der Waals surface area contributed by atoms with E-state index >= 15 is 0 Å². The van der Waals surface area contributed by atoms with Crippen molar-refractivity contribution in [2.45, 2.75) is 6.04 Å². The van der Waals surface area contributed by atoms with Gasteiger partial charge in [0, 0.05) is 11.8 Å². The molecule has 0 saturated carbocycles. The van der Waals surface area contributed by atoms with E-state index in [2.05, 4.69) is 15.2 Å². The molecule has 1 atom stereocenters. The summed E-state index contributed by atoms with van der Waals surface area (Å²) < 4.78 is 15.8. The molecule has 0 fully saturated rings. The Balaban J connectivity index is 2.09. The number of nitrogens with two attached hydrogens (primary N) is 1. The summed E-state index contributed by atoms with van der Waals surface area (Å²) in [5.74, 6) is 2.45. The minimum atomic E-state index is 0.0988. The zero-order chi connectivity index (χ0) is 19.8. The first-order chi connectivity index (χ1) is 13.0. The van der Waals surface area contributed by atoms with Crippen LogP contribution in [0.15, 0.2) is 47.5 Å². The Morgan fingerprint density at radius 3 is 2.22 bits per heavy atom. The van der Waals surface area contributed by atoms with Crippen LogP contribution in [-0.2, 0) is 0 Å². The first-order valence-electron chi connectivity index (χ1n) is 8.57. The number of methoxy groups -OCH3 is 3. The highest BCUT2D eigenvalue weighted by Crippen LogP contribution is 2.29. The molecule has 0 spiro atoms. The minimum Gasteiger partial charge on any atom is -0.497 e. The summed E-state index contributed by atoms with van der Waals surface area (Å²) >= 11 is 0. The Morgan fingerprint density at radius 1 is 1.00 bits per heavy atom. The number of nitrogens with zero attached hydrogens (tertiary/aromatic N) is 2. The van der Waals surface area contributed by atoms with E-state index in [1.165, 1.54) is 0 Å². The van der Waals surface area contributed by atoms with Gasteiger partial charge in [0.15, 0.2) is 17.5 Å². The Kier molecular flexibility index (Phi) is 7.31. The summed E-state index contributed by atoms with van der Waals surface area (Å²) in [6, 6.07) is 13.6. The van der Waals surface area contributed by atoms with Gasteiger partial charge in [-0.2, -0.15) is 0 Å². The number of likely N-dealkylation sites (N-methyl/N-ethyl adjacent to an activating group) is 1. The molecular formula is C20H28N4O3. The van der Waals surface area contributed by atoms with Crippen LogP contribution in [0.1, 0.15) is 11.6 Å². The molecule has 0 aliphatic rings. The summed E-state index contributed by atoms with van der Waals surface area (Å²) in [6.45, 7) is 0.519. The van der Waals surface area contributed by atoms with Gasteiger partial charge in [-0.05, 0) is 43.9 Å². The van der Waals surface area contributed by atoms with Gasteiger partial charge in [-0.15, -0.1) is 0 Å². The third-order valence-electron chi connectivity index (χ3n) is 4.21. The highest BCUT2D eigenvalue weighted by Gasteiger charge is 2.14. The molecule has 1 unspecified atom stereocenters. The topological polar surface area (TPSA) is 81.3 Å². The summed E-state index contributed by atoms with van der Waals surface area (Å²) in [5, 5.41) is 3.09. The summed E-state index contributed by atoms with van der Waals surface area (Å²) in [7, 11) is 8.88. The number of ether oxygens (including phenoxy) is 3. The average Bonchev–Trinajstić information content (AvgIpc) is 2.68. The van der Waals surface area contributed by atoms with E-state index in [9.17, 15) is 0 Å². The van der Waals surface area contributed by atoms with Crippen molar-refractivity contribution >= 4 is 11.6 Å². The second-order valence-electron chi connectivity index (χ2n) is 6.17. The number of rotatable bonds is 8. The number of nitrogens with one attached hydrogen (secondary N) is 1. The predicted octanol–water partition coefficient (Wildman–Crippen LogP) is 2.74. The van der Waals surface area contributed by atoms with Crippen LogP contribution >= 0.6 is 0 Å². The molecule has 0 heterocycles. The van der Waals surface area contributed by atoms with Crippen molar-refractivity contribution in [3.63, 3.8) is 0 Å². The number of hydrogen-bond donors (Lipinski definition) is 2. The Hall–Kier alpha value is -2.93. The summed E-state index contributed by atoms with van der Waals surface area (Å²) in [6.07, 6.45) is 0. The number of guanidine groups is 1. The quantitative estimate of drug-likeness (QED) is 0.548. The normalized spacial score (nSPS) is 12.6. The molecule has 3 N–H and O–H groups in total. The van der Waals surface area contributed by atoms with Gasteiger partial charge in [0.25, 0.3) is 0 Å². The minimum absolute atomic E-state index is 0.0988. The van der Waals surface area contributed by atoms with E-state index in [4.69, 9.17) is 19.9 Å². The van der Waals surface area contributed by atoms with Crippen molar-refractivity contribution in [3.8, 4) is 17.2 Å². The van der Waals surface area contributed by atoms with Crippen LogP contribution in [0.5, 0.6) is 17.2 Å².